The van der Waals surface area contributed by atoms with E-state index in [-0.39, 0.29) is 45.1 Å². The molecule has 2 radical (unpaired) electrons. The maximum Gasteiger partial charge on any atom is 2.00 e. The third-order valence-electron chi connectivity index (χ3n) is 7.76. The predicted octanol–water partition coefficient (Wildman–Crippen LogP) is 2.09. The molecule has 274 valence electrons. The number of alkyl halides is 6. The van der Waals surface area contributed by atoms with E-state index >= 15 is 0 Å². The Labute approximate surface area is 277 Å². The number of likely N-dealkylation sites (N-methyl/N-ethyl adjacent to an activating group) is 4. The first-order valence-corrected chi connectivity index (χ1v) is 15.7. The Balaban J connectivity index is -0.000000240. The topological polar surface area (TPSA) is 187 Å². The molecule has 4 rings (SSSR count). The SMILES string of the molecule is CN1CCC[C@@H]2[C@H]1CCCN2C.CN1CCC[C@H]2[C@@H]1CCCN2C.O=S(=O)([O-])C(F)(F)F.O=S(=O)([O-])C(F)(F)F.[Cu+2].[Cu+2].[OH-].[OH-]. The zero-order chi connectivity index (χ0) is 31.1. The molecule has 0 unspecified atom stereocenters. The molecule has 0 bridgehead atoms. The Kier molecular flexibility index (Phi) is 24.6. The van der Waals surface area contributed by atoms with E-state index in [1.807, 2.05) is 0 Å². The molecule has 4 aliphatic heterocycles. The van der Waals surface area contributed by atoms with Gasteiger partial charge in [0.1, 0.15) is 0 Å². The molecule has 4 saturated heterocycles. The van der Waals surface area contributed by atoms with Crippen LogP contribution >= 0.6 is 0 Å². The van der Waals surface area contributed by atoms with Crippen molar-refractivity contribution in [2.45, 2.75) is 86.6 Å². The molecule has 0 aliphatic carbocycles. The zero-order valence-electron chi connectivity index (χ0n) is 24.6. The van der Waals surface area contributed by atoms with Gasteiger partial charge in [0.2, 0.25) is 0 Å². The summed E-state index contributed by atoms with van der Waals surface area (Å²) >= 11 is 0. The van der Waals surface area contributed by atoms with Gasteiger partial charge in [0.05, 0.1) is 0 Å². The van der Waals surface area contributed by atoms with Crippen LogP contribution in [0.15, 0.2) is 0 Å². The largest absolute Gasteiger partial charge is 2.00 e. The van der Waals surface area contributed by atoms with Crippen molar-refractivity contribution in [2.24, 2.45) is 0 Å². The van der Waals surface area contributed by atoms with Crippen LogP contribution in [-0.4, -0.2) is 146 Å². The fraction of sp³-hybridized carbons (Fsp3) is 1.00. The monoisotopic (exact) mass is 794 g/mol. The average Bonchev–Trinajstić information content (AvgIpc) is 2.80. The first-order valence-electron chi connectivity index (χ1n) is 12.9. The Morgan fingerprint density at radius 2 is 0.636 bits per heavy atom. The van der Waals surface area contributed by atoms with Gasteiger partial charge in [-0.25, -0.2) is 16.8 Å². The first kappa shape index (κ1) is 51.0. The maximum atomic E-state index is 10.7. The van der Waals surface area contributed by atoms with E-state index in [4.69, 9.17) is 25.9 Å². The maximum absolute atomic E-state index is 10.7. The molecule has 4 aliphatic rings. The van der Waals surface area contributed by atoms with E-state index in [9.17, 15) is 26.3 Å². The van der Waals surface area contributed by atoms with Crippen molar-refractivity contribution in [3.05, 3.63) is 0 Å². The normalized spacial score (nSPS) is 26.6. The Morgan fingerprint density at radius 1 is 0.500 bits per heavy atom. The number of rotatable bonds is 0. The summed E-state index contributed by atoms with van der Waals surface area (Å²) in [6.07, 6.45) is 11.3. The molecule has 0 spiro atoms. The summed E-state index contributed by atoms with van der Waals surface area (Å²) in [5, 5.41) is 0. The van der Waals surface area contributed by atoms with Crippen molar-refractivity contribution in [2.75, 3.05) is 54.4 Å². The first-order chi connectivity index (χ1) is 18.1. The van der Waals surface area contributed by atoms with E-state index in [1.54, 1.807) is 0 Å². The fourth-order valence-electron chi connectivity index (χ4n) is 5.69. The summed E-state index contributed by atoms with van der Waals surface area (Å²) in [5.74, 6) is 0. The van der Waals surface area contributed by atoms with Crippen LogP contribution in [0.3, 0.4) is 0 Å². The molecule has 12 nitrogen and oxygen atoms in total. The predicted molar refractivity (Wildman–Crippen MR) is 138 cm³/mol. The Hall–Kier alpha value is 0.199. The molecule has 0 aromatic heterocycles. The second kappa shape index (κ2) is 21.2. The van der Waals surface area contributed by atoms with Gasteiger partial charge >= 0.3 is 45.2 Å². The summed E-state index contributed by atoms with van der Waals surface area (Å²) in [4.78, 5) is 10.2. The number of likely N-dealkylation sites (tertiary alicyclic amines) is 4. The molecular formula is C22H42Cu2F6N4O8S2. The minimum atomic E-state index is -6.09. The second-order valence-corrected chi connectivity index (χ2v) is 13.3. The summed E-state index contributed by atoms with van der Waals surface area (Å²) in [6, 6.07) is 3.44. The van der Waals surface area contributed by atoms with Gasteiger partial charge < -0.3 is 39.7 Å². The molecule has 0 aromatic carbocycles. The molecule has 22 heteroatoms. The van der Waals surface area contributed by atoms with Crippen LogP contribution in [0.4, 0.5) is 26.3 Å². The van der Waals surface area contributed by atoms with E-state index in [0.717, 1.165) is 24.2 Å². The molecule has 4 fully saturated rings. The third-order valence-corrected chi connectivity index (χ3v) is 8.90. The number of hydrogen-bond acceptors (Lipinski definition) is 12. The van der Waals surface area contributed by atoms with Gasteiger partial charge in [-0.05, 0) is 106 Å². The minimum Gasteiger partial charge on any atom is -0.870 e. The molecule has 0 amide bonds. The molecule has 2 N–H and O–H groups in total. The Bertz CT molecular complexity index is 886. The Morgan fingerprint density at radius 3 is 0.750 bits per heavy atom. The van der Waals surface area contributed by atoms with Crippen molar-refractivity contribution in [3.63, 3.8) is 0 Å². The summed E-state index contributed by atoms with van der Waals surface area (Å²) in [5.41, 5.74) is -11.3. The van der Waals surface area contributed by atoms with E-state index < -0.39 is 31.3 Å². The number of fused-ring (bicyclic) bond motifs is 2. The fourth-order valence-corrected chi connectivity index (χ4v) is 5.69. The van der Waals surface area contributed by atoms with Gasteiger partial charge in [0.15, 0.2) is 20.2 Å². The van der Waals surface area contributed by atoms with Gasteiger partial charge in [0, 0.05) is 24.2 Å². The van der Waals surface area contributed by atoms with Gasteiger partial charge in [-0.1, -0.05) is 0 Å². The summed E-state index contributed by atoms with van der Waals surface area (Å²) < 4.78 is 118. The van der Waals surface area contributed by atoms with Gasteiger partial charge in [0.25, 0.3) is 0 Å². The molecule has 4 heterocycles. The van der Waals surface area contributed by atoms with Crippen molar-refractivity contribution < 1.29 is 97.4 Å². The zero-order valence-corrected chi connectivity index (χ0v) is 28.1. The van der Waals surface area contributed by atoms with E-state index in [1.165, 1.54) is 77.5 Å². The number of hydrogen-bond donors (Lipinski definition) is 0. The van der Waals surface area contributed by atoms with E-state index in [2.05, 4.69) is 47.8 Å². The van der Waals surface area contributed by atoms with Gasteiger partial charge in [-0.2, -0.15) is 26.3 Å². The number of piperidine rings is 4. The second-order valence-electron chi connectivity index (χ2n) is 10.6. The van der Waals surface area contributed by atoms with Crippen molar-refractivity contribution in [3.8, 4) is 0 Å². The average molecular weight is 796 g/mol. The van der Waals surface area contributed by atoms with E-state index in [0.29, 0.717) is 0 Å². The van der Waals surface area contributed by atoms with Crippen LogP contribution < -0.4 is 0 Å². The molecule has 4 atom stereocenters. The number of halogens is 6. The smallest absolute Gasteiger partial charge is 0.870 e. The van der Waals surface area contributed by atoms with Crippen molar-refractivity contribution in [1.29, 1.82) is 0 Å². The molecule has 44 heavy (non-hydrogen) atoms. The van der Waals surface area contributed by atoms with Crippen molar-refractivity contribution in [1.82, 2.24) is 19.6 Å². The van der Waals surface area contributed by atoms with Crippen LogP contribution in [0.5, 0.6) is 0 Å². The number of nitrogens with zero attached hydrogens (tertiary/aromatic N) is 4. The van der Waals surface area contributed by atoms with Crippen LogP contribution in [-0.2, 0) is 54.4 Å². The van der Waals surface area contributed by atoms with Crippen LogP contribution in [0.25, 0.3) is 0 Å². The summed E-state index contributed by atoms with van der Waals surface area (Å²) in [7, 11) is -3.03. The third kappa shape index (κ3) is 16.3. The standard InChI is InChI=1S/2C10H20N2.2CHF3O3S.2Cu.2H2O/c2*1-11-7-3-6-10-9(11)5-4-8-12(10)2;2*2-1(3,4)8(5,6)7;;;;/h2*9-10H,3-8H2,1-2H3;2*(H,5,6,7);;;2*1H2/q;;;;2*+2;;/p-4/t2*9-,10-;;;;;;/m10....../s1. The van der Waals surface area contributed by atoms with Gasteiger partial charge in [-0.15, -0.1) is 0 Å². The van der Waals surface area contributed by atoms with Gasteiger partial charge in [-0.3, -0.25) is 0 Å². The quantitative estimate of drug-likeness (QED) is 0.151. The molecular weight excluding hydrogens is 753 g/mol. The summed E-state index contributed by atoms with van der Waals surface area (Å²) in [6.45, 7) is 5.26. The minimum absolute atomic E-state index is 0. The van der Waals surface area contributed by atoms with Crippen LogP contribution in [0.1, 0.15) is 51.4 Å². The molecule has 0 saturated carbocycles. The van der Waals surface area contributed by atoms with Crippen molar-refractivity contribution >= 4 is 20.2 Å². The molecule has 0 aromatic rings. The van der Waals surface area contributed by atoms with Crippen LogP contribution in [0, 0.1) is 0 Å². The van der Waals surface area contributed by atoms with Crippen LogP contribution in [0.2, 0.25) is 0 Å².